The Bertz CT molecular complexity index is 1050. The van der Waals surface area contributed by atoms with Crippen molar-refractivity contribution in [2.45, 2.75) is 6.92 Å². The van der Waals surface area contributed by atoms with Crippen LogP contribution in [0, 0.1) is 12.9 Å². The van der Waals surface area contributed by atoms with Gasteiger partial charge in [0, 0.05) is 23.3 Å². The Morgan fingerprint density at radius 3 is 2.61 bits per heavy atom. The quantitative estimate of drug-likeness (QED) is 0.509. The molecule has 1 amide bonds. The van der Waals surface area contributed by atoms with E-state index in [1.807, 2.05) is 24.3 Å². The fourth-order valence-electron chi connectivity index (χ4n) is 2.80. The molecule has 0 fully saturated rings. The Morgan fingerprint density at radius 1 is 1.29 bits per heavy atom. The van der Waals surface area contributed by atoms with E-state index in [0.717, 1.165) is 15.8 Å². The van der Waals surface area contributed by atoms with Crippen molar-refractivity contribution in [1.29, 1.82) is 0 Å². The molecule has 28 heavy (non-hydrogen) atoms. The summed E-state index contributed by atoms with van der Waals surface area (Å²) in [4.78, 5) is 17.3. The third-order valence-electron chi connectivity index (χ3n) is 4.14. The fourth-order valence-corrected chi connectivity index (χ4v) is 2.97. The predicted molar refractivity (Wildman–Crippen MR) is 107 cm³/mol. The first-order chi connectivity index (χ1) is 13.4. The molecule has 0 atom stereocenters. The van der Waals surface area contributed by atoms with Crippen LogP contribution in [0.4, 0.5) is 10.1 Å². The average Bonchev–Trinajstić information content (AvgIpc) is 2.93. The lowest BCUT2D eigenvalue weighted by Gasteiger charge is -2.12. The van der Waals surface area contributed by atoms with Crippen LogP contribution in [0.2, 0.25) is 5.02 Å². The minimum atomic E-state index is -0.688. The fraction of sp³-hybridized carbons (Fsp3) is 0.150. The van der Waals surface area contributed by atoms with Crippen LogP contribution >= 0.6 is 11.6 Å². The second kappa shape index (κ2) is 8.22. The Kier molecular flexibility index (Phi) is 5.75. The average molecular weight is 401 g/mol. The van der Waals surface area contributed by atoms with E-state index in [2.05, 4.69) is 20.4 Å². The normalized spacial score (nSPS) is 11.0. The van der Waals surface area contributed by atoms with Crippen molar-refractivity contribution < 1.29 is 14.0 Å². The van der Waals surface area contributed by atoms with Crippen LogP contribution in [-0.2, 0) is 11.9 Å². The van der Waals surface area contributed by atoms with Gasteiger partial charge in [-0.05, 0) is 36.2 Å². The molecule has 0 spiro atoms. The smallest absolute Gasteiger partial charge is 0.262 e. The summed E-state index contributed by atoms with van der Waals surface area (Å²) in [5, 5.41) is 10.9. The number of benzene rings is 2. The topological polar surface area (TPSA) is 68.5 Å². The van der Waals surface area contributed by atoms with Gasteiger partial charge in [-0.25, -0.2) is 4.68 Å². The Morgan fingerprint density at radius 2 is 2.00 bits per heavy atom. The van der Waals surface area contributed by atoms with Gasteiger partial charge in [0.1, 0.15) is 12.7 Å². The largest absolute Gasteiger partial charge is 0.399 e. The van der Waals surface area contributed by atoms with E-state index >= 15 is 0 Å². The lowest BCUT2D eigenvalue weighted by molar-refractivity contribution is 0.102. The maximum absolute atomic E-state index is 14.2. The van der Waals surface area contributed by atoms with Gasteiger partial charge in [-0.3, -0.25) is 4.79 Å². The highest BCUT2D eigenvalue weighted by Crippen LogP contribution is 2.31. The summed E-state index contributed by atoms with van der Waals surface area (Å²) >= 11 is 6.15. The van der Waals surface area contributed by atoms with Gasteiger partial charge in [-0.1, -0.05) is 41.0 Å². The highest BCUT2D eigenvalue weighted by Gasteiger charge is 2.21. The van der Waals surface area contributed by atoms with Crippen LogP contribution in [-0.4, -0.2) is 29.0 Å². The molecule has 144 valence electrons. The number of carbonyl (C=O) groups is 1. The van der Waals surface area contributed by atoms with Crippen molar-refractivity contribution in [1.82, 2.24) is 9.78 Å². The Balaban J connectivity index is 1.95. The summed E-state index contributed by atoms with van der Waals surface area (Å²) in [5.41, 5.74) is 3.12. The minimum Gasteiger partial charge on any atom is -0.399 e. The van der Waals surface area contributed by atoms with Gasteiger partial charge >= 0.3 is 0 Å². The second-order valence-corrected chi connectivity index (χ2v) is 6.49. The molecule has 3 rings (SSSR count). The van der Waals surface area contributed by atoms with Gasteiger partial charge in [0.25, 0.3) is 5.91 Å². The number of halogens is 2. The van der Waals surface area contributed by atoms with Crippen LogP contribution in [0.15, 0.2) is 47.6 Å². The number of hydrogen-bond donors (Lipinski definition) is 1. The molecule has 8 heteroatoms. The molecular formula is C20H18ClFN4O2. The zero-order valence-electron chi connectivity index (χ0n) is 15.5. The number of oxime groups is 1. The number of anilines is 1. The van der Waals surface area contributed by atoms with Crippen LogP contribution in [0.1, 0.15) is 21.6 Å². The molecule has 0 radical (unpaired) electrons. The third kappa shape index (κ3) is 4.04. The monoisotopic (exact) mass is 400 g/mol. The summed E-state index contributed by atoms with van der Waals surface area (Å²) in [7, 11) is 2.92. The second-order valence-electron chi connectivity index (χ2n) is 6.06. The highest BCUT2D eigenvalue weighted by molar-refractivity contribution is 6.31. The van der Waals surface area contributed by atoms with E-state index in [9.17, 15) is 9.18 Å². The van der Waals surface area contributed by atoms with Crippen LogP contribution in [0.5, 0.6) is 0 Å². The predicted octanol–water partition coefficient (Wildman–Crippen LogP) is 4.42. The molecule has 1 aromatic heterocycles. The number of rotatable bonds is 5. The summed E-state index contributed by atoms with van der Waals surface area (Å²) < 4.78 is 15.2. The van der Waals surface area contributed by atoms with Crippen LogP contribution < -0.4 is 5.32 Å². The number of aromatic nitrogens is 2. The molecular weight excluding hydrogens is 383 g/mol. The number of carbonyl (C=O) groups excluding carboxylic acids is 1. The minimum absolute atomic E-state index is 0.0884. The van der Waals surface area contributed by atoms with Gasteiger partial charge in [0.15, 0.2) is 0 Å². The van der Waals surface area contributed by atoms with Crippen molar-refractivity contribution in [3.63, 3.8) is 0 Å². The molecule has 1 heterocycles. The van der Waals surface area contributed by atoms with Crippen LogP contribution in [0.25, 0.3) is 11.1 Å². The summed E-state index contributed by atoms with van der Waals surface area (Å²) in [6.07, 6.45) is 1.58. The number of nitrogens with zero attached hydrogens (tertiary/aromatic N) is 3. The molecule has 0 saturated carbocycles. The molecule has 0 aliphatic heterocycles. The van der Waals surface area contributed by atoms with Gasteiger partial charge in [0.2, 0.25) is 5.95 Å². The lowest BCUT2D eigenvalue weighted by Crippen LogP contribution is -2.15. The Labute approximate surface area is 166 Å². The number of hydrogen-bond acceptors (Lipinski definition) is 4. The molecule has 2 aromatic carbocycles. The first-order valence-corrected chi connectivity index (χ1v) is 8.75. The zero-order valence-corrected chi connectivity index (χ0v) is 16.3. The van der Waals surface area contributed by atoms with Gasteiger partial charge in [-0.15, -0.1) is 0 Å². The summed E-state index contributed by atoms with van der Waals surface area (Å²) in [5.74, 6) is -1.26. The van der Waals surface area contributed by atoms with Gasteiger partial charge < -0.3 is 10.2 Å². The van der Waals surface area contributed by atoms with E-state index in [4.69, 9.17) is 11.6 Å². The number of nitrogens with one attached hydrogen (secondary N) is 1. The van der Waals surface area contributed by atoms with Crippen molar-refractivity contribution >= 4 is 29.4 Å². The van der Waals surface area contributed by atoms with Crippen molar-refractivity contribution in [3.05, 3.63) is 70.3 Å². The number of aryl methyl sites for hydroxylation is 2. The number of amides is 1. The molecule has 0 aliphatic rings. The maximum atomic E-state index is 14.2. The third-order valence-corrected chi connectivity index (χ3v) is 4.37. The molecule has 0 bridgehead atoms. The first-order valence-electron chi connectivity index (χ1n) is 8.37. The van der Waals surface area contributed by atoms with Crippen molar-refractivity contribution in [3.8, 4) is 11.1 Å². The summed E-state index contributed by atoms with van der Waals surface area (Å²) in [6, 6.07) is 12.5. The zero-order chi connectivity index (χ0) is 20.3. The lowest BCUT2D eigenvalue weighted by atomic mass is 10.0. The Hall–Kier alpha value is -3.19. The maximum Gasteiger partial charge on any atom is 0.262 e. The molecule has 1 N–H and O–H groups in total. The van der Waals surface area contributed by atoms with Crippen LogP contribution in [0.3, 0.4) is 0 Å². The van der Waals surface area contributed by atoms with Gasteiger partial charge in [-0.2, -0.15) is 9.49 Å². The molecule has 6 nitrogen and oxygen atoms in total. The van der Waals surface area contributed by atoms with E-state index < -0.39 is 11.9 Å². The van der Waals surface area contributed by atoms with E-state index in [1.54, 1.807) is 31.3 Å². The highest BCUT2D eigenvalue weighted by atomic mass is 35.5. The van der Waals surface area contributed by atoms with Gasteiger partial charge in [0.05, 0.1) is 11.9 Å². The van der Waals surface area contributed by atoms with E-state index in [-0.39, 0.29) is 5.56 Å². The molecule has 3 aromatic rings. The first kappa shape index (κ1) is 19.6. The van der Waals surface area contributed by atoms with E-state index in [1.165, 1.54) is 14.2 Å². The molecule has 0 unspecified atom stereocenters. The molecule has 0 saturated heterocycles. The summed E-state index contributed by atoms with van der Waals surface area (Å²) in [6.45, 7) is 1.58. The SMILES string of the molecule is CO/N=C/c1ccc(-c2cc(Cl)ccc2NC(=O)c2c(C)nn(C)c2F)cc1. The van der Waals surface area contributed by atoms with E-state index in [0.29, 0.717) is 22.0 Å². The molecule has 0 aliphatic carbocycles. The van der Waals surface area contributed by atoms with Crippen molar-refractivity contribution in [2.75, 3.05) is 12.4 Å². The van der Waals surface area contributed by atoms with Crippen molar-refractivity contribution in [2.24, 2.45) is 12.2 Å². The standard InChI is InChI=1S/C20H18ClFN4O2/c1-12-18(19(22)26(2)25-12)20(27)24-17-9-8-15(21)10-16(17)14-6-4-13(5-7-14)11-23-28-3/h4-11H,1-3H3,(H,24,27)/b23-11+.